The lowest BCUT2D eigenvalue weighted by molar-refractivity contribution is 0.103. The van der Waals surface area contributed by atoms with E-state index in [0.717, 1.165) is 18.7 Å². The second-order valence-corrected chi connectivity index (χ2v) is 4.08. The van der Waals surface area contributed by atoms with Crippen LogP contribution in [0.4, 0.5) is 0 Å². The van der Waals surface area contributed by atoms with Gasteiger partial charge in [-0.3, -0.25) is 0 Å². The molecule has 3 nitrogen and oxygen atoms in total. The van der Waals surface area contributed by atoms with Gasteiger partial charge < -0.3 is 10.1 Å². The van der Waals surface area contributed by atoms with E-state index in [1.54, 1.807) is 0 Å². The van der Waals surface area contributed by atoms with Crippen molar-refractivity contribution < 1.29 is 4.74 Å². The van der Waals surface area contributed by atoms with Gasteiger partial charge in [-0.05, 0) is 31.0 Å². The predicted octanol–water partition coefficient (Wildman–Crippen LogP) is 1.83. The molecule has 1 aromatic carbocycles. The van der Waals surface area contributed by atoms with Gasteiger partial charge in [0.25, 0.3) is 0 Å². The van der Waals surface area contributed by atoms with Crippen molar-refractivity contribution in [1.29, 1.82) is 5.26 Å². The molecule has 1 aromatic rings. The van der Waals surface area contributed by atoms with Gasteiger partial charge in [0.2, 0.25) is 0 Å². The molecule has 1 fully saturated rings. The van der Waals surface area contributed by atoms with E-state index >= 15 is 0 Å². The second kappa shape index (κ2) is 5.64. The lowest BCUT2D eigenvalue weighted by atomic mass is 10.1. The number of hydrogen-bond donors (Lipinski definition) is 1. The van der Waals surface area contributed by atoms with Crippen LogP contribution < -0.4 is 5.32 Å². The molecule has 0 amide bonds. The number of ether oxygens (including phenoxy) is 1. The Balaban J connectivity index is 1.82. The van der Waals surface area contributed by atoms with E-state index in [-0.39, 0.29) is 0 Å². The summed E-state index contributed by atoms with van der Waals surface area (Å²) in [6.07, 6.45) is 2.43. The Labute approximate surface area is 96.0 Å². The smallest absolute Gasteiger partial charge is 0.0995 e. The zero-order valence-electron chi connectivity index (χ0n) is 9.28. The lowest BCUT2D eigenvalue weighted by Gasteiger charge is -2.11. The minimum Gasteiger partial charge on any atom is -0.375 e. The van der Waals surface area contributed by atoms with Crippen LogP contribution in [0.15, 0.2) is 24.3 Å². The van der Waals surface area contributed by atoms with Gasteiger partial charge in [-0.2, -0.15) is 5.26 Å². The first-order chi connectivity index (χ1) is 7.90. The summed E-state index contributed by atoms with van der Waals surface area (Å²) in [5.74, 6) is 0. The van der Waals surface area contributed by atoms with Gasteiger partial charge >= 0.3 is 0 Å². The normalized spacial score (nSPS) is 19.6. The van der Waals surface area contributed by atoms with Crippen molar-refractivity contribution >= 4 is 0 Å². The largest absolute Gasteiger partial charge is 0.375 e. The quantitative estimate of drug-likeness (QED) is 0.835. The second-order valence-electron chi connectivity index (χ2n) is 4.08. The van der Waals surface area contributed by atoms with Crippen molar-refractivity contribution in [3.63, 3.8) is 0 Å². The molecule has 0 aliphatic carbocycles. The van der Waals surface area contributed by atoms with E-state index < -0.39 is 0 Å². The molecule has 1 aliphatic rings. The summed E-state index contributed by atoms with van der Waals surface area (Å²) in [6.45, 7) is 2.37. The summed E-state index contributed by atoms with van der Waals surface area (Å²) in [7, 11) is 0. The lowest BCUT2D eigenvalue weighted by Crippen LogP contribution is -2.26. The van der Waals surface area contributed by atoms with Crippen LogP contribution in [-0.4, -0.2) is 19.2 Å². The molecule has 1 N–H and O–H groups in total. The Morgan fingerprint density at radius 1 is 1.44 bits per heavy atom. The van der Waals surface area contributed by atoms with Crippen molar-refractivity contribution in [1.82, 2.24) is 5.32 Å². The molecule has 2 rings (SSSR count). The maximum atomic E-state index is 8.91. The number of rotatable bonds is 4. The number of nitriles is 1. The SMILES string of the molecule is N#Cc1ccccc1COCC1CCCN1. The van der Waals surface area contributed by atoms with Gasteiger partial charge in [-0.25, -0.2) is 0 Å². The summed E-state index contributed by atoms with van der Waals surface area (Å²) >= 11 is 0. The molecule has 0 saturated carbocycles. The van der Waals surface area contributed by atoms with Gasteiger partial charge in [0.15, 0.2) is 0 Å². The molecule has 0 aromatic heterocycles. The first-order valence-corrected chi connectivity index (χ1v) is 5.69. The van der Waals surface area contributed by atoms with Crippen LogP contribution in [0.5, 0.6) is 0 Å². The third kappa shape index (κ3) is 2.82. The molecule has 0 bridgehead atoms. The zero-order chi connectivity index (χ0) is 11.2. The fraction of sp³-hybridized carbons (Fsp3) is 0.462. The summed E-state index contributed by atoms with van der Waals surface area (Å²) < 4.78 is 5.63. The minimum atomic E-state index is 0.495. The van der Waals surface area contributed by atoms with E-state index in [0.29, 0.717) is 18.2 Å². The molecule has 1 saturated heterocycles. The summed E-state index contributed by atoms with van der Waals surface area (Å²) in [6, 6.07) is 10.3. The minimum absolute atomic E-state index is 0.495. The highest BCUT2D eigenvalue weighted by Gasteiger charge is 2.13. The Bertz CT molecular complexity index is 378. The molecule has 1 heterocycles. The fourth-order valence-corrected chi connectivity index (χ4v) is 1.97. The van der Waals surface area contributed by atoms with Crippen molar-refractivity contribution in [2.75, 3.05) is 13.2 Å². The number of nitrogens with zero attached hydrogens (tertiary/aromatic N) is 1. The Morgan fingerprint density at radius 3 is 3.06 bits per heavy atom. The highest BCUT2D eigenvalue weighted by molar-refractivity contribution is 5.36. The van der Waals surface area contributed by atoms with Crippen LogP contribution in [0.1, 0.15) is 24.0 Å². The molecule has 1 unspecified atom stereocenters. The molecule has 0 radical (unpaired) electrons. The van der Waals surface area contributed by atoms with Crippen LogP contribution in [0.2, 0.25) is 0 Å². The van der Waals surface area contributed by atoms with Crippen molar-refractivity contribution in [3.05, 3.63) is 35.4 Å². The first kappa shape index (κ1) is 11.1. The molecule has 0 spiro atoms. The molecule has 3 heteroatoms. The summed E-state index contributed by atoms with van der Waals surface area (Å²) in [4.78, 5) is 0. The summed E-state index contributed by atoms with van der Waals surface area (Å²) in [5, 5.41) is 12.3. The van der Waals surface area contributed by atoms with Gasteiger partial charge in [0, 0.05) is 6.04 Å². The summed E-state index contributed by atoms with van der Waals surface area (Å²) in [5.41, 5.74) is 1.69. The highest BCUT2D eigenvalue weighted by atomic mass is 16.5. The van der Waals surface area contributed by atoms with Crippen LogP contribution in [0, 0.1) is 11.3 Å². The molecule has 1 atom stereocenters. The van der Waals surface area contributed by atoms with Gasteiger partial charge in [-0.1, -0.05) is 18.2 Å². The third-order valence-corrected chi connectivity index (χ3v) is 2.88. The zero-order valence-corrected chi connectivity index (χ0v) is 9.28. The molecule has 16 heavy (non-hydrogen) atoms. The van der Waals surface area contributed by atoms with E-state index in [2.05, 4.69) is 11.4 Å². The Morgan fingerprint density at radius 2 is 2.31 bits per heavy atom. The Hall–Kier alpha value is -1.37. The van der Waals surface area contributed by atoms with E-state index in [4.69, 9.17) is 10.00 Å². The standard InChI is InChI=1S/C13H16N2O/c14-8-11-4-1-2-5-12(11)9-16-10-13-6-3-7-15-13/h1-2,4-5,13,15H,3,6-7,9-10H2. The molecular weight excluding hydrogens is 200 g/mol. The predicted molar refractivity (Wildman–Crippen MR) is 61.8 cm³/mol. The van der Waals surface area contributed by atoms with Crippen molar-refractivity contribution in [3.8, 4) is 6.07 Å². The average Bonchev–Trinajstić information content (AvgIpc) is 2.83. The topological polar surface area (TPSA) is 45.0 Å². The van der Waals surface area contributed by atoms with Crippen molar-refractivity contribution in [2.45, 2.75) is 25.5 Å². The number of nitrogens with one attached hydrogen (secondary N) is 1. The van der Waals surface area contributed by atoms with Crippen molar-refractivity contribution in [2.24, 2.45) is 0 Å². The van der Waals surface area contributed by atoms with E-state index in [1.807, 2.05) is 24.3 Å². The highest BCUT2D eigenvalue weighted by Crippen LogP contribution is 2.10. The van der Waals surface area contributed by atoms with Gasteiger partial charge in [-0.15, -0.1) is 0 Å². The first-order valence-electron chi connectivity index (χ1n) is 5.69. The number of benzene rings is 1. The van der Waals surface area contributed by atoms with Crippen LogP contribution in [0.25, 0.3) is 0 Å². The molecule has 1 aliphatic heterocycles. The van der Waals surface area contributed by atoms with E-state index in [9.17, 15) is 0 Å². The maximum absolute atomic E-state index is 8.91. The van der Waals surface area contributed by atoms with E-state index in [1.165, 1.54) is 12.8 Å². The van der Waals surface area contributed by atoms with Gasteiger partial charge in [0.1, 0.15) is 0 Å². The fourth-order valence-electron chi connectivity index (χ4n) is 1.97. The maximum Gasteiger partial charge on any atom is 0.0995 e. The molecular formula is C13H16N2O. The van der Waals surface area contributed by atoms with Crippen LogP contribution >= 0.6 is 0 Å². The molecule has 84 valence electrons. The van der Waals surface area contributed by atoms with Crippen LogP contribution in [0.3, 0.4) is 0 Å². The monoisotopic (exact) mass is 216 g/mol. The third-order valence-electron chi connectivity index (χ3n) is 2.88. The van der Waals surface area contributed by atoms with Crippen LogP contribution in [-0.2, 0) is 11.3 Å². The van der Waals surface area contributed by atoms with Gasteiger partial charge in [0.05, 0.1) is 24.8 Å². The average molecular weight is 216 g/mol. The number of hydrogen-bond acceptors (Lipinski definition) is 3. The Kier molecular flexibility index (Phi) is 3.92.